The van der Waals surface area contributed by atoms with E-state index in [9.17, 15) is 4.39 Å². The molecule has 1 saturated heterocycles. The van der Waals surface area contributed by atoms with Crippen molar-refractivity contribution in [3.8, 4) is 11.5 Å². The lowest BCUT2D eigenvalue weighted by molar-refractivity contribution is 0.0833. The van der Waals surface area contributed by atoms with Gasteiger partial charge >= 0.3 is 0 Å². The fraction of sp³-hybridized carbons (Fsp3) is 0.462. The van der Waals surface area contributed by atoms with Gasteiger partial charge in [0.15, 0.2) is 5.75 Å². The second kappa shape index (κ2) is 14.3. The highest BCUT2D eigenvalue weighted by Gasteiger charge is 2.12. The van der Waals surface area contributed by atoms with Gasteiger partial charge in [0.1, 0.15) is 18.2 Å². The zero-order chi connectivity index (χ0) is 24.9. The second-order valence-corrected chi connectivity index (χ2v) is 8.30. The molecule has 1 fully saturated rings. The molecule has 3 rings (SSSR count). The number of rotatable bonds is 11. The SMILES string of the molecule is CO/C(=N\CCCCN)N(C)c1ccc(COc2cc(F)cc(ON=CC3CCOCC3)c2)cc1. The lowest BCUT2D eigenvalue weighted by atomic mass is 10.0. The van der Waals surface area contributed by atoms with Crippen molar-refractivity contribution in [1.29, 1.82) is 0 Å². The number of amidine groups is 1. The van der Waals surface area contributed by atoms with Crippen LogP contribution in [-0.4, -0.2) is 52.7 Å². The number of oxime groups is 1. The molecule has 0 amide bonds. The molecule has 0 spiro atoms. The van der Waals surface area contributed by atoms with Gasteiger partial charge in [0.05, 0.1) is 7.11 Å². The molecule has 2 aromatic rings. The minimum Gasteiger partial charge on any atom is -0.489 e. The zero-order valence-electron chi connectivity index (χ0n) is 20.5. The molecule has 1 aliphatic rings. The first kappa shape index (κ1) is 26.4. The monoisotopic (exact) mass is 486 g/mol. The third kappa shape index (κ3) is 8.84. The minimum absolute atomic E-state index is 0.280. The fourth-order valence-electron chi connectivity index (χ4n) is 3.55. The molecule has 8 nitrogen and oxygen atoms in total. The van der Waals surface area contributed by atoms with E-state index < -0.39 is 5.82 Å². The number of anilines is 1. The summed E-state index contributed by atoms with van der Waals surface area (Å²) in [6.07, 6.45) is 5.43. The molecule has 0 aromatic heterocycles. The molecular formula is C26H35FN4O4. The molecule has 0 radical (unpaired) electrons. The van der Waals surface area contributed by atoms with Crippen molar-refractivity contribution in [2.24, 2.45) is 21.8 Å². The molecule has 190 valence electrons. The molecular weight excluding hydrogens is 451 g/mol. The Hall–Kier alpha value is -3.17. The number of hydrogen-bond acceptors (Lipinski definition) is 7. The quantitative estimate of drug-likeness (QED) is 0.219. The Morgan fingerprint density at radius 1 is 1.14 bits per heavy atom. The summed E-state index contributed by atoms with van der Waals surface area (Å²) in [4.78, 5) is 11.7. The number of nitrogens with two attached hydrogens (primary N) is 1. The van der Waals surface area contributed by atoms with Crippen LogP contribution in [0.25, 0.3) is 0 Å². The number of methoxy groups -OCH3 is 1. The standard InChI is InChI=1S/C26H35FN4O4/c1-31(26(32-2)29-12-4-3-11-28)23-7-5-21(6-8-23)19-34-24-15-22(27)16-25(17-24)35-30-18-20-9-13-33-14-10-20/h5-8,15-18,20H,3-4,9-14,19,28H2,1-2H3/b29-26-,30-18?. The van der Waals surface area contributed by atoms with Crippen LogP contribution in [0.1, 0.15) is 31.2 Å². The van der Waals surface area contributed by atoms with E-state index in [0.717, 1.165) is 50.1 Å². The Labute approximate surface area is 206 Å². The van der Waals surface area contributed by atoms with Gasteiger partial charge in [-0.15, -0.1) is 0 Å². The van der Waals surface area contributed by atoms with Crippen molar-refractivity contribution in [3.05, 3.63) is 53.8 Å². The summed E-state index contributed by atoms with van der Waals surface area (Å²) >= 11 is 0. The van der Waals surface area contributed by atoms with Crippen LogP contribution < -0.4 is 20.2 Å². The maximum Gasteiger partial charge on any atom is 0.291 e. The Morgan fingerprint density at radius 2 is 1.89 bits per heavy atom. The number of ether oxygens (including phenoxy) is 3. The van der Waals surface area contributed by atoms with Gasteiger partial charge < -0.3 is 24.8 Å². The number of benzene rings is 2. The summed E-state index contributed by atoms with van der Waals surface area (Å²) in [5.74, 6) is 0.526. The Morgan fingerprint density at radius 3 is 2.60 bits per heavy atom. The first-order valence-corrected chi connectivity index (χ1v) is 11.9. The lowest BCUT2D eigenvalue weighted by Gasteiger charge is -2.20. The Balaban J connectivity index is 1.54. The van der Waals surface area contributed by atoms with E-state index in [1.165, 1.54) is 12.1 Å². The highest BCUT2D eigenvalue weighted by molar-refractivity contribution is 5.91. The summed E-state index contributed by atoms with van der Waals surface area (Å²) < 4.78 is 30.6. The van der Waals surface area contributed by atoms with Gasteiger partial charge in [0, 0.05) is 62.8 Å². The van der Waals surface area contributed by atoms with Crippen LogP contribution in [0.2, 0.25) is 0 Å². The van der Waals surface area contributed by atoms with Crippen LogP contribution in [0.15, 0.2) is 52.6 Å². The largest absolute Gasteiger partial charge is 0.489 e. The minimum atomic E-state index is -0.450. The van der Waals surface area contributed by atoms with Gasteiger partial charge in [-0.05, 0) is 49.9 Å². The first-order valence-electron chi connectivity index (χ1n) is 11.9. The van der Waals surface area contributed by atoms with Gasteiger partial charge in [-0.2, -0.15) is 0 Å². The number of unbranched alkanes of at least 4 members (excludes halogenated alkanes) is 1. The highest BCUT2D eigenvalue weighted by atomic mass is 19.1. The van der Waals surface area contributed by atoms with Gasteiger partial charge in [-0.3, -0.25) is 4.90 Å². The molecule has 2 N–H and O–H groups in total. The highest BCUT2D eigenvalue weighted by Crippen LogP contribution is 2.24. The van der Waals surface area contributed by atoms with E-state index in [-0.39, 0.29) is 12.4 Å². The second-order valence-electron chi connectivity index (χ2n) is 8.30. The average Bonchev–Trinajstić information content (AvgIpc) is 2.88. The molecule has 35 heavy (non-hydrogen) atoms. The van der Waals surface area contributed by atoms with Crippen molar-refractivity contribution >= 4 is 17.9 Å². The number of aliphatic imine (C=N–C) groups is 1. The van der Waals surface area contributed by atoms with E-state index in [1.807, 2.05) is 36.2 Å². The van der Waals surface area contributed by atoms with Crippen molar-refractivity contribution in [2.75, 3.05) is 45.4 Å². The lowest BCUT2D eigenvalue weighted by Crippen LogP contribution is -2.28. The van der Waals surface area contributed by atoms with Crippen LogP contribution >= 0.6 is 0 Å². The molecule has 0 saturated carbocycles. The smallest absolute Gasteiger partial charge is 0.291 e. The van der Waals surface area contributed by atoms with E-state index in [0.29, 0.717) is 30.8 Å². The van der Waals surface area contributed by atoms with E-state index >= 15 is 0 Å². The maximum atomic E-state index is 14.1. The van der Waals surface area contributed by atoms with Gasteiger partial charge in [-0.25, -0.2) is 9.38 Å². The van der Waals surface area contributed by atoms with Crippen molar-refractivity contribution in [3.63, 3.8) is 0 Å². The van der Waals surface area contributed by atoms with Gasteiger partial charge in [0.25, 0.3) is 6.02 Å². The summed E-state index contributed by atoms with van der Waals surface area (Å²) in [7, 11) is 3.50. The maximum absolute atomic E-state index is 14.1. The normalized spacial score (nSPS) is 14.8. The first-order chi connectivity index (χ1) is 17.1. The number of hydrogen-bond donors (Lipinski definition) is 1. The van der Waals surface area contributed by atoms with Crippen molar-refractivity contribution in [1.82, 2.24) is 0 Å². The Kier molecular flexibility index (Phi) is 10.8. The number of nitrogens with zero attached hydrogens (tertiary/aromatic N) is 3. The molecule has 1 heterocycles. The van der Waals surface area contributed by atoms with E-state index in [1.54, 1.807) is 19.4 Å². The van der Waals surface area contributed by atoms with Gasteiger partial charge in [0.2, 0.25) is 0 Å². The molecule has 0 atom stereocenters. The summed E-state index contributed by atoms with van der Waals surface area (Å²) in [6, 6.07) is 12.6. The molecule has 0 bridgehead atoms. The predicted molar refractivity (Wildman–Crippen MR) is 136 cm³/mol. The van der Waals surface area contributed by atoms with Gasteiger partial charge in [-0.1, -0.05) is 17.3 Å². The van der Waals surface area contributed by atoms with E-state index in [4.69, 9.17) is 24.8 Å². The molecule has 2 aromatic carbocycles. The molecule has 1 aliphatic heterocycles. The number of halogens is 1. The summed E-state index contributed by atoms with van der Waals surface area (Å²) in [5.41, 5.74) is 7.39. The topological polar surface area (TPSA) is 90.9 Å². The molecule has 0 unspecified atom stereocenters. The van der Waals surface area contributed by atoms with Crippen LogP contribution in [-0.2, 0) is 16.1 Å². The third-order valence-electron chi connectivity index (χ3n) is 5.60. The predicted octanol–water partition coefficient (Wildman–Crippen LogP) is 4.37. The molecule has 9 heteroatoms. The zero-order valence-corrected chi connectivity index (χ0v) is 20.5. The van der Waals surface area contributed by atoms with E-state index in [2.05, 4.69) is 10.1 Å². The third-order valence-corrected chi connectivity index (χ3v) is 5.60. The fourth-order valence-corrected chi connectivity index (χ4v) is 3.55. The Bertz CT molecular complexity index is 962. The molecule has 0 aliphatic carbocycles. The average molecular weight is 487 g/mol. The van der Waals surface area contributed by atoms with Crippen LogP contribution in [0, 0.1) is 11.7 Å². The van der Waals surface area contributed by atoms with Crippen molar-refractivity contribution in [2.45, 2.75) is 32.3 Å². The van der Waals surface area contributed by atoms with Crippen LogP contribution in [0.4, 0.5) is 10.1 Å². The summed E-state index contributed by atoms with van der Waals surface area (Å²) in [6.45, 7) is 3.05. The van der Waals surface area contributed by atoms with Crippen LogP contribution in [0.3, 0.4) is 0 Å². The van der Waals surface area contributed by atoms with Crippen molar-refractivity contribution < 1.29 is 23.4 Å². The summed E-state index contributed by atoms with van der Waals surface area (Å²) in [5, 5.41) is 4.01. The van der Waals surface area contributed by atoms with Crippen LogP contribution in [0.5, 0.6) is 11.5 Å².